The molecule has 10 aliphatic rings. The van der Waals surface area contributed by atoms with Crippen molar-refractivity contribution < 1.29 is 0 Å². The fraction of sp³-hybridized carbons (Fsp3) is 1.00. The molecular weight excluding hydrogens is 1250 g/mol. The highest BCUT2D eigenvalue weighted by Crippen LogP contribution is 2.52. The topological polar surface area (TPSA) is 0 Å². The van der Waals surface area contributed by atoms with E-state index in [4.69, 9.17) is 0 Å². The molecule has 0 radical (unpaired) electrons. The molecule has 0 aromatic rings. The molecule has 0 amide bonds. The SMILES string of the molecule is CC(C(C)(C)C)C(C)(C)C.CC(C)(C)C(C)(C)C(C)(C)C.CC(C)C(C)(C)C(C)(C)C.CC(C)[C@@H](C)C(C)(C)C.CC1(C)CCCCC1.CC1C2CCC1CC2.CC1CCC(C)CC1.CC1CCCC[C@H]1C.CC1CCC[C@@H](C)C1.CCC1CCCCC1.CCCC1CCCC1.C[C@H]1CC2CCC1C2. The number of rotatable bonds is 5. The van der Waals surface area contributed by atoms with Crippen molar-refractivity contribution in [2.24, 2.45) is 155 Å². The molecule has 0 saturated heterocycles. The van der Waals surface area contributed by atoms with Crippen LogP contribution in [0.25, 0.3) is 0 Å². The summed E-state index contributed by atoms with van der Waals surface area (Å²) < 4.78 is 0. The van der Waals surface area contributed by atoms with E-state index < -0.39 is 0 Å². The van der Waals surface area contributed by atoms with Gasteiger partial charge in [0.1, 0.15) is 0 Å². The molecule has 10 saturated carbocycles. The van der Waals surface area contributed by atoms with Crippen LogP contribution in [0.2, 0.25) is 0 Å². The molecule has 0 aromatic carbocycles. The minimum absolute atomic E-state index is 0.375. The normalized spacial score (nSPS) is 28.8. The molecule has 8 atom stereocenters. The van der Waals surface area contributed by atoms with Gasteiger partial charge in [-0.3, -0.25) is 0 Å². The molecule has 0 N–H and O–H groups in total. The summed E-state index contributed by atoms with van der Waals surface area (Å²) in [6.07, 6.45) is 55.3. The average molecular weight is 1460 g/mol. The van der Waals surface area contributed by atoms with Gasteiger partial charge in [-0.25, -0.2) is 0 Å². The standard InChI is InChI=1S/C11H24.2C10H22.C9H20.2C8H14.6C8H16/c1-9(2,3)11(7,8)10(4,5)6;1-8(9(2,3)4)10(5,6)7;1-8(2)10(6,7)9(3,4)5;1-7(2)8(3)9(4,5)6;1-6-4-7-2-3-8(6)5-7;1-6-7-2-3-8(6)5-4-7;1-7-3-5-8(2)6-4-7;1-7-4-3-5-8(2)6-7;1-8(2)6-4-3-5-7-8;1-7-5-3-4-6-8(7)2;1-2-8-6-4-3-5-7-8;1-2-5-8-6-3-4-7-8/h1-8H3;2*8H,1-7H3;7-8H,1-6H3;2*6-8H,2-5H2,1H3;2*7-8H,3-6H2,1-2H3;3-7H2,1-2H3;7-8H,3-6H2,1-2H3;2*8H,2-7H2,1H3/t;;;8-;6-,7?,8?;;;7-,8?;;7-,8?;;/m...10..1.1../s1. The lowest BCUT2D eigenvalue weighted by Gasteiger charge is -2.49. The molecule has 0 aromatic heterocycles. The van der Waals surface area contributed by atoms with Gasteiger partial charge in [-0.2, -0.15) is 0 Å². The molecule has 10 rings (SSSR count). The van der Waals surface area contributed by atoms with Crippen LogP contribution in [0.4, 0.5) is 0 Å². The van der Waals surface area contributed by atoms with Gasteiger partial charge in [-0.05, 0) is 219 Å². The maximum absolute atomic E-state index is 2.44. The van der Waals surface area contributed by atoms with Crippen LogP contribution in [0.5, 0.6) is 0 Å². The Hall–Kier alpha value is 0. The molecule has 0 heterocycles. The predicted molar refractivity (Wildman–Crippen MR) is 483 cm³/mol. The van der Waals surface area contributed by atoms with Crippen LogP contribution < -0.4 is 0 Å². The van der Waals surface area contributed by atoms with Crippen LogP contribution in [-0.4, -0.2) is 0 Å². The van der Waals surface area contributed by atoms with E-state index in [1.807, 2.05) is 0 Å². The van der Waals surface area contributed by atoms with Gasteiger partial charge in [0.05, 0.1) is 0 Å². The summed E-state index contributed by atoms with van der Waals surface area (Å²) in [5, 5.41) is 0. The summed E-state index contributed by atoms with van der Waals surface area (Å²) in [4.78, 5) is 0. The predicted octanol–water partition coefficient (Wildman–Crippen LogP) is 37.2. The molecule has 10 aliphatic carbocycles. The van der Waals surface area contributed by atoms with E-state index in [0.717, 1.165) is 107 Å². The minimum atomic E-state index is 0.375. The third-order valence-corrected chi connectivity index (χ3v) is 32.2. The van der Waals surface area contributed by atoms with Crippen LogP contribution in [0.3, 0.4) is 0 Å². The Morgan fingerprint density at radius 1 is 0.327 bits per heavy atom. The Labute approximate surface area is 665 Å². The van der Waals surface area contributed by atoms with Gasteiger partial charge in [0.2, 0.25) is 0 Å². The molecule has 0 heteroatoms. The van der Waals surface area contributed by atoms with Crippen molar-refractivity contribution >= 4 is 0 Å². The van der Waals surface area contributed by atoms with Crippen molar-refractivity contribution in [3.8, 4) is 0 Å². The van der Waals surface area contributed by atoms with Crippen LogP contribution in [0, 0.1) is 155 Å². The van der Waals surface area contributed by atoms with E-state index in [1.165, 1.54) is 186 Å². The molecule has 4 bridgehead atoms. The molecule has 0 aliphatic heterocycles. The van der Waals surface area contributed by atoms with Crippen molar-refractivity contribution in [2.45, 2.75) is 515 Å². The maximum atomic E-state index is 2.44. The zero-order valence-corrected chi connectivity index (χ0v) is 81.1. The fourth-order valence-electron chi connectivity index (χ4n) is 18.9. The largest absolute Gasteiger partial charge is 0.0654 e. The molecule has 0 spiro atoms. The first-order valence-corrected chi connectivity index (χ1v) is 47.4. The zero-order chi connectivity index (χ0) is 81.1. The number of hydrogen-bond acceptors (Lipinski definition) is 0. The quantitative estimate of drug-likeness (QED) is 0.257. The molecule has 4 unspecified atom stereocenters. The summed E-state index contributed by atoms with van der Waals surface area (Å²) in [7, 11) is 0. The zero-order valence-electron chi connectivity index (χ0n) is 81.1. The Morgan fingerprint density at radius 2 is 0.692 bits per heavy atom. The highest BCUT2D eigenvalue weighted by Gasteiger charge is 2.43. The Kier molecular flexibility index (Phi) is 52.0. The Bertz CT molecular complexity index is 1900. The number of hydrogen-bond donors (Lipinski definition) is 0. The van der Waals surface area contributed by atoms with Gasteiger partial charge in [-0.1, -0.05) is 450 Å². The molecule has 0 nitrogen and oxygen atoms in total. The van der Waals surface area contributed by atoms with Crippen molar-refractivity contribution in [1.82, 2.24) is 0 Å². The van der Waals surface area contributed by atoms with Gasteiger partial charge >= 0.3 is 0 Å². The van der Waals surface area contributed by atoms with Crippen molar-refractivity contribution in [3.05, 3.63) is 0 Å². The van der Waals surface area contributed by atoms with E-state index in [2.05, 4.69) is 277 Å². The van der Waals surface area contributed by atoms with Crippen molar-refractivity contribution in [3.63, 3.8) is 0 Å². The second-order valence-corrected chi connectivity index (χ2v) is 47.8. The monoisotopic (exact) mass is 1460 g/mol. The first-order valence-electron chi connectivity index (χ1n) is 47.4. The highest BCUT2D eigenvalue weighted by molar-refractivity contribution is 4.92. The van der Waals surface area contributed by atoms with E-state index in [0.29, 0.717) is 48.7 Å². The van der Waals surface area contributed by atoms with Gasteiger partial charge in [0, 0.05) is 0 Å². The van der Waals surface area contributed by atoms with Gasteiger partial charge in [-0.15, -0.1) is 0 Å². The van der Waals surface area contributed by atoms with E-state index in [9.17, 15) is 0 Å². The molecule has 104 heavy (non-hydrogen) atoms. The summed E-state index contributed by atoms with van der Waals surface area (Å²) >= 11 is 0. The third kappa shape index (κ3) is 45.6. The van der Waals surface area contributed by atoms with Gasteiger partial charge in [0.25, 0.3) is 0 Å². The van der Waals surface area contributed by atoms with E-state index >= 15 is 0 Å². The minimum Gasteiger partial charge on any atom is -0.0654 e. The second-order valence-electron chi connectivity index (χ2n) is 47.8. The van der Waals surface area contributed by atoms with Gasteiger partial charge < -0.3 is 0 Å². The van der Waals surface area contributed by atoms with E-state index in [1.54, 1.807) is 51.4 Å². The molecule has 10 fully saturated rings. The van der Waals surface area contributed by atoms with E-state index in [-0.39, 0.29) is 0 Å². The molecule has 628 valence electrons. The second kappa shape index (κ2) is 51.0. The summed E-state index contributed by atoms with van der Waals surface area (Å²) in [5.41, 5.74) is 4.04. The number of fused-ring (bicyclic) bond motifs is 4. The van der Waals surface area contributed by atoms with Crippen LogP contribution in [0.15, 0.2) is 0 Å². The summed E-state index contributed by atoms with van der Waals surface area (Å²) in [6, 6.07) is 0. The van der Waals surface area contributed by atoms with Crippen molar-refractivity contribution in [1.29, 1.82) is 0 Å². The van der Waals surface area contributed by atoms with Crippen LogP contribution in [-0.2, 0) is 0 Å². The maximum Gasteiger partial charge on any atom is -0.0257 e. The van der Waals surface area contributed by atoms with Crippen LogP contribution >= 0.6 is 0 Å². The Morgan fingerprint density at radius 3 is 0.865 bits per heavy atom. The fourth-order valence-corrected chi connectivity index (χ4v) is 18.9. The lowest BCUT2D eigenvalue weighted by molar-refractivity contribution is 0.00575. The first-order chi connectivity index (χ1) is 47.4. The van der Waals surface area contributed by atoms with Crippen molar-refractivity contribution in [2.75, 3.05) is 0 Å². The summed E-state index contributed by atoms with van der Waals surface area (Å²) in [6.45, 7) is 93.3. The molecular formula is C104H212. The lowest BCUT2D eigenvalue weighted by atomic mass is 9.56. The summed E-state index contributed by atoms with van der Waals surface area (Å²) in [5.74, 6) is 18.2. The van der Waals surface area contributed by atoms with Crippen LogP contribution in [0.1, 0.15) is 515 Å². The lowest BCUT2D eigenvalue weighted by Crippen LogP contribution is -2.41. The third-order valence-electron chi connectivity index (χ3n) is 32.2. The average Bonchev–Trinajstić information content (AvgIpc) is 1.03. The Balaban J connectivity index is 0. The first kappa shape index (κ1) is 106. The smallest absolute Gasteiger partial charge is 0.0257 e. The highest BCUT2D eigenvalue weighted by atomic mass is 14.5. The van der Waals surface area contributed by atoms with Gasteiger partial charge in [0.15, 0.2) is 0 Å².